The van der Waals surface area contributed by atoms with Crippen molar-refractivity contribution in [2.24, 2.45) is 0 Å². The number of anilines is 1. The minimum absolute atomic E-state index is 0.255. The minimum Gasteiger partial charge on any atom is -0.494 e. The summed E-state index contributed by atoms with van der Waals surface area (Å²) in [5.74, 6) is 1.01. The highest BCUT2D eigenvalue weighted by molar-refractivity contribution is 5.70. The predicted octanol–water partition coefficient (Wildman–Crippen LogP) is 1.38. The van der Waals surface area contributed by atoms with E-state index in [4.69, 9.17) is 10.5 Å². The number of nitrogens with zero attached hydrogens (tertiary/aromatic N) is 4. The number of fused-ring (bicyclic) bond motifs is 1. The van der Waals surface area contributed by atoms with Crippen LogP contribution in [0.5, 0.6) is 5.75 Å². The average Bonchev–Trinajstić information content (AvgIpc) is 2.86. The van der Waals surface area contributed by atoms with Gasteiger partial charge in [0, 0.05) is 29.7 Å². The number of hydrogen-bond acceptors (Lipinski definition) is 5. The number of nitrogen functional groups attached to an aromatic ring is 1. The highest BCUT2D eigenvalue weighted by Gasteiger charge is 2.07. The molecule has 3 aromatic rings. The van der Waals surface area contributed by atoms with E-state index in [1.807, 2.05) is 18.3 Å². The summed E-state index contributed by atoms with van der Waals surface area (Å²) in [5.41, 5.74) is 8.17. The molecule has 6 nitrogen and oxygen atoms in total. The Morgan fingerprint density at radius 3 is 2.72 bits per heavy atom. The molecule has 0 aromatic carbocycles. The van der Waals surface area contributed by atoms with Crippen molar-refractivity contribution >= 4 is 11.5 Å². The van der Waals surface area contributed by atoms with Crippen LogP contribution < -0.4 is 10.5 Å². The quantitative estimate of drug-likeness (QED) is 0.733. The van der Waals surface area contributed by atoms with E-state index in [1.165, 1.54) is 0 Å². The van der Waals surface area contributed by atoms with Crippen LogP contribution in [0.1, 0.15) is 0 Å². The highest BCUT2D eigenvalue weighted by Crippen LogP contribution is 2.26. The first kappa shape index (κ1) is 10.5. The van der Waals surface area contributed by atoms with Gasteiger partial charge in [0.25, 0.3) is 0 Å². The first-order chi connectivity index (χ1) is 8.78. The van der Waals surface area contributed by atoms with E-state index < -0.39 is 0 Å². The molecular formula is C12H11N5O. The van der Waals surface area contributed by atoms with Gasteiger partial charge in [-0.1, -0.05) is 0 Å². The molecular weight excluding hydrogens is 230 g/mol. The molecule has 2 N–H and O–H groups in total. The molecule has 90 valence electrons. The van der Waals surface area contributed by atoms with Gasteiger partial charge < -0.3 is 10.5 Å². The molecule has 0 bridgehead atoms. The maximum absolute atomic E-state index is 5.47. The third kappa shape index (κ3) is 1.64. The maximum Gasteiger partial charge on any atom is 0.219 e. The van der Waals surface area contributed by atoms with Gasteiger partial charge in [0.15, 0.2) is 0 Å². The van der Waals surface area contributed by atoms with Crippen molar-refractivity contribution in [2.75, 3.05) is 12.8 Å². The smallest absolute Gasteiger partial charge is 0.219 e. The van der Waals surface area contributed by atoms with Crippen LogP contribution in [-0.2, 0) is 0 Å². The number of methoxy groups -OCH3 is 1. The van der Waals surface area contributed by atoms with Gasteiger partial charge in [-0.05, 0) is 12.1 Å². The third-order valence-corrected chi connectivity index (χ3v) is 2.70. The molecule has 0 aliphatic carbocycles. The van der Waals surface area contributed by atoms with Crippen LogP contribution in [0, 0.1) is 0 Å². The van der Waals surface area contributed by atoms with E-state index in [9.17, 15) is 0 Å². The Bertz CT molecular complexity index is 689. The van der Waals surface area contributed by atoms with Crippen LogP contribution in [0.15, 0.2) is 36.9 Å². The molecule has 6 heteroatoms. The van der Waals surface area contributed by atoms with E-state index in [2.05, 4.69) is 15.1 Å². The Kier molecular flexibility index (Phi) is 2.33. The van der Waals surface area contributed by atoms with Crippen LogP contribution in [0.4, 0.5) is 5.95 Å². The molecule has 0 aliphatic heterocycles. The summed E-state index contributed by atoms with van der Waals surface area (Å²) < 4.78 is 7.10. The predicted molar refractivity (Wildman–Crippen MR) is 67.2 cm³/mol. The van der Waals surface area contributed by atoms with E-state index in [0.717, 1.165) is 22.4 Å². The summed E-state index contributed by atoms with van der Waals surface area (Å²) >= 11 is 0. The zero-order chi connectivity index (χ0) is 12.5. The average molecular weight is 241 g/mol. The summed E-state index contributed by atoms with van der Waals surface area (Å²) in [6.07, 6.45) is 6.97. The maximum atomic E-state index is 5.47. The summed E-state index contributed by atoms with van der Waals surface area (Å²) in [6, 6.07) is 3.81. The number of nitrogens with two attached hydrogens (primary N) is 1. The lowest BCUT2D eigenvalue weighted by Crippen LogP contribution is -1.96. The molecule has 0 amide bonds. The summed E-state index contributed by atoms with van der Waals surface area (Å²) in [5, 5.41) is 4.20. The molecule has 0 saturated carbocycles. The lowest BCUT2D eigenvalue weighted by atomic mass is 10.1. The van der Waals surface area contributed by atoms with Gasteiger partial charge in [-0.2, -0.15) is 5.10 Å². The Morgan fingerprint density at radius 2 is 2.00 bits per heavy atom. The van der Waals surface area contributed by atoms with Gasteiger partial charge in [0.05, 0.1) is 13.3 Å². The molecule has 3 rings (SSSR count). The standard InChI is InChI=1S/C12H11N5O/c1-18-11-4-8(7-17-10(11)2-3-16-17)9-5-14-12(13)15-6-9/h2-7H,1H3,(H2,13,14,15). The van der Waals surface area contributed by atoms with Crippen LogP contribution >= 0.6 is 0 Å². The van der Waals surface area contributed by atoms with Gasteiger partial charge in [0.2, 0.25) is 5.95 Å². The summed E-state index contributed by atoms with van der Waals surface area (Å²) in [7, 11) is 1.63. The topological polar surface area (TPSA) is 78.3 Å². The molecule has 0 spiro atoms. The molecule has 18 heavy (non-hydrogen) atoms. The van der Waals surface area contributed by atoms with Gasteiger partial charge in [0.1, 0.15) is 11.3 Å². The van der Waals surface area contributed by atoms with Crippen LogP contribution in [0.3, 0.4) is 0 Å². The number of ether oxygens (including phenoxy) is 1. The van der Waals surface area contributed by atoms with Gasteiger partial charge >= 0.3 is 0 Å². The second kappa shape index (κ2) is 3.99. The molecule has 0 unspecified atom stereocenters. The lowest BCUT2D eigenvalue weighted by Gasteiger charge is -2.07. The summed E-state index contributed by atoms with van der Waals surface area (Å²) in [6.45, 7) is 0. The van der Waals surface area contributed by atoms with Gasteiger partial charge in [-0.25, -0.2) is 14.5 Å². The molecule has 0 saturated heterocycles. The molecule has 3 aromatic heterocycles. The highest BCUT2D eigenvalue weighted by atomic mass is 16.5. The normalized spacial score (nSPS) is 10.7. The fraction of sp³-hybridized carbons (Fsp3) is 0.0833. The van der Waals surface area contributed by atoms with Crippen molar-refractivity contribution < 1.29 is 4.74 Å². The first-order valence-corrected chi connectivity index (χ1v) is 5.37. The Labute approximate surface area is 103 Å². The van der Waals surface area contributed by atoms with Crippen molar-refractivity contribution in [3.05, 3.63) is 36.9 Å². The monoisotopic (exact) mass is 241 g/mol. The number of pyridine rings is 1. The lowest BCUT2D eigenvalue weighted by molar-refractivity contribution is 0.417. The molecule has 3 heterocycles. The van der Waals surface area contributed by atoms with E-state index >= 15 is 0 Å². The zero-order valence-electron chi connectivity index (χ0n) is 9.74. The molecule has 0 atom stereocenters. The third-order valence-electron chi connectivity index (χ3n) is 2.70. The van der Waals surface area contributed by atoms with E-state index in [-0.39, 0.29) is 5.95 Å². The van der Waals surface area contributed by atoms with Crippen molar-refractivity contribution in [3.63, 3.8) is 0 Å². The van der Waals surface area contributed by atoms with Gasteiger partial charge in [-0.15, -0.1) is 0 Å². The van der Waals surface area contributed by atoms with Crippen LogP contribution in [0.2, 0.25) is 0 Å². The Hall–Kier alpha value is -2.63. The second-order valence-electron chi connectivity index (χ2n) is 3.79. The summed E-state index contributed by atoms with van der Waals surface area (Å²) in [4.78, 5) is 7.95. The van der Waals surface area contributed by atoms with Crippen molar-refractivity contribution in [3.8, 4) is 16.9 Å². The molecule has 0 radical (unpaired) electrons. The second-order valence-corrected chi connectivity index (χ2v) is 3.79. The van der Waals surface area contributed by atoms with Crippen LogP contribution in [0.25, 0.3) is 16.6 Å². The fourth-order valence-corrected chi connectivity index (χ4v) is 1.80. The van der Waals surface area contributed by atoms with Crippen LogP contribution in [-0.4, -0.2) is 26.7 Å². The number of rotatable bonds is 2. The SMILES string of the molecule is COc1cc(-c2cnc(N)nc2)cn2nccc12. The van der Waals surface area contributed by atoms with Crippen molar-refractivity contribution in [1.82, 2.24) is 19.6 Å². The largest absolute Gasteiger partial charge is 0.494 e. The fourth-order valence-electron chi connectivity index (χ4n) is 1.80. The molecule has 0 aliphatic rings. The number of aromatic nitrogens is 4. The van der Waals surface area contributed by atoms with Crippen molar-refractivity contribution in [1.29, 1.82) is 0 Å². The van der Waals surface area contributed by atoms with Crippen molar-refractivity contribution in [2.45, 2.75) is 0 Å². The number of hydrogen-bond donors (Lipinski definition) is 1. The van der Waals surface area contributed by atoms with E-state index in [0.29, 0.717) is 0 Å². The zero-order valence-corrected chi connectivity index (χ0v) is 9.74. The Morgan fingerprint density at radius 1 is 1.22 bits per heavy atom. The minimum atomic E-state index is 0.255. The molecule has 0 fully saturated rings. The Balaban J connectivity index is 2.19. The van der Waals surface area contributed by atoms with Gasteiger partial charge in [-0.3, -0.25) is 0 Å². The first-order valence-electron chi connectivity index (χ1n) is 5.37. The van der Waals surface area contributed by atoms with E-state index in [1.54, 1.807) is 30.2 Å².